The Kier molecular flexibility index (Phi) is 6.96. The quantitative estimate of drug-likeness (QED) is 0.180. The maximum atomic E-state index is 6.19. The SMILES string of the molecule is C=CCn1c(COc2cc(Cl)ccc2Cl)nnc1SCc1csc(-c2ccc3c(c2)OCO3)n1. The molecule has 34 heavy (non-hydrogen) atoms. The molecular formula is C23H18Cl2N4O3S2. The van der Waals surface area contributed by atoms with Gasteiger partial charge >= 0.3 is 0 Å². The summed E-state index contributed by atoms with van der Waals surface area (Å²) in [6.07, 6.45) is 1.80. The molecule has 0 unspecified atom stereocenters. The van der Waals surface area contributed by atoms with Gasteiger partial charge in [-0.05, 0) is 30.3 Å². The molecule has 0 fully saturated rings. The smallest absolute Gasteiger partial charge is 0.231 e. The molecule has 0 saturated carbocycles. The van der Waals surface area contributed by atoms with Gasteiger partial charge in [0.1, 0.15) is 17.4 Å². The van der Waals surface area contributed by atoms with E-state index in [2.05, 4.69) is 16.8 Å². The summed E-state index contributed by atoms with van der Waals surface area (Å²) in [4.78, 5) is 4.77. The lowest BCUT2D eigenvalue weighted by atomic mass is 10.2. The number of benzene rings is 2. The zero-order chi connectivity index (χ0) is 23.5. The molecule has 0 N–H and O–H groups in total. The molecule has 5 rings (SSSR count). The van der Waals surface area contributed by atoms with Crippen LogP contribution in [0.3, 0.4) is 0 Å². The van der Waals surface area contributed by atoms with Gasteiger partial charge in [0.2, 0.25) is 6.79 Å². The number of fused-ring (bicyclic) bond motifs is 1. The van der Waals surface area contributed by atoms with Crippen molar-refractivity contribution in [3.05, 3.63) is 76.0 Å². The number of ether oxygens (including phenoxy) is 3. The summed E-state index contributed by atoms with van der Waals surface area (Å²) < 4.78 is 18.7. The maximum Gasteiger partial charge on any atom is 0.231 e. The van der Waals surface area contributed by atoms with Gasteiger partial charge in [0.25, 0.3) is 0 Å². The van der Waals surface area contributed by atoms with Crippen LogP contribution in [0.5, 0.6) is 17.2 Å². The third-order valence-electron chi connectivity index (χ3n) is 4.88. The first-order chi connectivity index (χ1) is 16.6. The van der Waals surface area contributed by atoms with Gasteiger partial charge in [0, 0.05) is 34.3 Å². The second-order valence-corrected chi connectivity index (χ2v) is 9.81. The highest BCUT2D eigenvalue weighted by atomic mass is 35.5. The Bertz CT molecular complexity index is 1340. The number of hydrogen-bond donors (Lipinski definition) is 0. The highest BCUT2D eigenvalue weighted by Gasteiger charge is 2.17. The number of halogens is 2. The maximum absolute atomic E-state index is 6.19. The van der Waals surface area contributed by atoms with Gasteiger partial charge in [-0.3, -0.25) is 4.57 Å². The van der Waals surface area contributed by atoms with E-state index >= 15 is 0 Å². The Morgan fingerprint density at radius 1 is 1.15 bits per heavy atom. The lowest BCUT2D eigenvalue weighted by molar-refractivity contribution is 0.174. The van der Waals surface area contributed by atoms with Crippen LogP contribution in [0.15, 0.2) is 59.6 Å². The van der Waals surface area contributed by atoms with Crippen molar-refractivity contribution in [3.8, 4) is 27.8 Å². The molecule has 0 spiro atoms. The Morgan fingerprint density at radius 3 is 2.91 bits per heavy atom. The van der Waals surface area contributed by atoms with E-state index in [0.29, 0.717) is 33.9 Å². The summed E-state index contributed by atoms with van der Waals surface area (Å²) in [5, 5.41) is 13.4. The first kappa shape index (κ1) is 23.0. The third kappa shape index (κ3) is 5.02. The fourth-order valence-electron chi connectivity index (χ4n) is 3.25. The van der Waals surface area contributed by atoms with E-state index in [-0.39, 0.29) is 13.4 Å². The topological polar surface area (TPSA) is 71.3 Å². The molecule has 0 bridgehead atoms. The fourth-order valence-corrected chi connectivity index (χ4v) is 5.36. The van der Waals surface area contributed by atoms with Crippen LogP contribution in [0, 0.1) is 0 Å². The van der Waals surface area contributed by atoms with Gasteiger partial charge in [-0.15, -0.1) is 28.1 Å². The van der Waals surface area contributed by atoms with Crippen molar-refractivity contribution in [3.63, 3.8) is 0 Å². The number of aromatic nitrogens is 4. The minimum atomic E-state index is 0.201. The van der Waals surface area contributed by atoms with E-state index in [0.717, 1.165) is 32.9 Å². The first-order valence-electron chi connectivity index (χ1n) is 10.2. The van der Waals surface area contributed by atoms with Crippen LogP contribution in [0.1, 0.15) is 11.5 Å². The minimum absolute atomic E-state index is 0.201. The molecule has 0 radical (unpaired) electrons. The van der Waals surface area contributed by atoms with E-state index in [1.54, 1.807) is 47.4 Å². The van der Waals surface area contributed by atoms with Crippen LogP contribution in [0.4, 0.5) is 0 Å². The van der Waals surface area contributed by atoms with E-state index in [1.165, 1.54) is 0 Å². The number of thiazole rings is 1. The number of nitrogens with zero attached hydrogens (tertiary/aromatic N) is 4. The average Bonchev–Trinajstić information content (AvgIpc) is 3.58. The lowest BCUT2D eigenvalue weighted by Gasteiger charge is -2.10. The van der Waals surface area contributed by atoms with Gasteiger partial charge in [-0.1, -0.05) is 41.0 Å². The van der Waals surface area contributed by atoms with E-state index in [9.17, 15) is 0 Å². The highest BCUT2D eigenvalue weighted by Crippen LogP contribution is 2.37. The molecule has 1 aliphatic heterocycles. The molecule has 4 aromatic rings. The van der Waals surface area contributed by atoms with E-state index in [1.807, 2.05) is 28.1 Å². The molecule has 2 aromatic heterocycles. The Balaban J connectivity index is 1.26. The molecule has 0 amide bonds. The molecule has 1 aliphatic rings. The summed E-state index contributed by atoms with van der Waals surface area (Å²) in [6.45, 7) is 4.85. The summed E-state index contributed by atoms with van der Waals surface area (Å²) in [5.41, 5.74) is 1.96. The van der Waals surface area contributed by atoms with E-state index in [4.69, 9.17) is 42.4 Å². The largest absolute Gasteiger partial charge is 0.484 e. The van der Waals surface area contributed by atoms with Crippen molar-refractivity contribution in [2.45, 2.75) is 24.1 Å². The Morgan fingerprint density at radius 2 is 2.03 bits per heavy atom. The zero-order valence-corrected chi connectivity index (χ0v) is 20.9. The monoisotopic (exact) mass is 532 g/mol. The molecule has 7 nitrogen and oxygen atoms in total. The van der Waals surface area contributed by atoms with Gasteiger partial charge in [0.15, 0.2) is 22.5 Å². The highest BCUT2D eigenvalue weighted by molar-refractivity contribution is 7.98. The lowest BCUT2D eigenvalue weighted by Crippen LogP contribution is -2.07. The predicted octanol–water partition coefficient (Wildman–Crippen LogP) is 6.49. The van der Waals surface area contributed by atoms with Crippen LogP contribution in [0.25, 0.3) is 10.6 Å². The van der Waals surface area contributed by atoms with Gasteiger partial charge in [0.05, 0.1) is 10.7 Å². The average molecular weight is 533 g/mol. The number of allylic oxidation sites excluding steroid dienone is 1. The van der Waals surface area contributed by atoms with Crippen LogP contribution in [-0.2, 0) is 18.9 Å². The van der Waals surface area contributed by atoms with E-state index < -0.39 is 0 Å². The second-order valence-electron chi connectivity index (χ2n) is 7.16. The number of rotatable bonds is 9. The first-order valence-corrected chi connectivity index (χ1v) is 12.8. The molecule has 11 heteroatoms. The second kappa shape index (κ2) is 10.3. The van der Waals surface area contributed by atoms with Crippen LogP contribution in [-0.4, -0.2) is 26.5 Å². The molecule has 174 valence electrons. The van der Waals surface area contributed by atoms with Crippen molar-refractivity contribution in [1.82, 2.24) is 19.7 Å². The van der Waals surface area contributed by atoms with Crippen LogP contribution < -0.4 is 14.2 Å². The molecule has 0 aliphatic carbocycles. The molecule has 2 aromatic carbocycles. The van der Waals surface area contributed by atoms with Crippen molar-refractivity contribution in [1.29, 1.82) is 0 Å². The summed E-state index contributed by atoms with van der Waals surface area (Å²) in [6, 6.07) is 10.9. The summed E-state index contributed by atoms with van der Waals surface area (Å²) in [7, 11) is 0. The third-order valence-corrected chi connectivity index (χ3v) is 7.36. The molecular weight excluding hydrogens is 515 g/mol. The van der Waals surface area contributed by atoms with Gasteiger partial charge in [-0.2, -0.15) is 0 Å². The Hall–Kier alpha value is -2.72. The molecule has 3 heterocycles. The Labute approximate surface area is 214 Å². The van der Waals surface area contributed by atoms with Crippen molar-refractivity contribution in [2.75, 3.05) is 6.79 Å². The fraction of sp³-hybridized carbons (Fsp3) is 0.174. The predicted molar refractivity (Wildman–Crippen MR) is 134 cm³/mol. The van der Waals surface area contributed by atoms with Crippen LogP contribution >= 0.6 is 46.3 Å². The van der Waals surface area contributed by atoms with Crippen LogP contribution in [0.2, 0.25) is 10.0 Å². The molecule has 0 atom stereocenters. The minimum Gasteiger partial charge on any atom is -0.484 e. The number of hydrogen-bond acceptors (Lipinski definition) is 8. The van der Waals surface area contributed by atoms with Crippen molar-refractivity contribution in [2.24, 2.45) is 0 Å². The standard InChI is InChI=1S/C23H18Cl2N4O3S2/c1-2-7-29-21(10-30-19-9-15(24)4-5-17(19)25)27-28-23(29)34-12-16-11-33-22(26-16)14-3-6-18-20(8-14)32-13-31-18/h2-6,8-9,11H,1,7,10,12-13H2. The summed E-state index contributed by atoms with van der Waals surface area (Å²) >= 11 is 15.4. The van der Waals surface area contributed by atoms with Crippen molar-refractivity contribution >= 4 is 46.3 Å². The van der Waals surface area contributed by atoms with Gasteiger partial charge < -0.3 is 14.2 Å². The van der Waals surface area contributed by atoms with Gasteiger partial charge in [-0.25, -0.2) is 4.98 Å². The zero-order valence-electron chi connectivity index (χ0n) is 17.7. The number of thioether (sulfide) groups is 1. The van der Waals surface area contributed by atoms with Crippen molar-refractivity contribution < 1.29 is 14.2 Å². The molecule has 0 saturated heterocycles. The normalized spacial score (nSPS) is 12.2. The summed E-state index contributed by atoms with van der Waals surface area (Å²) in [5.74, 6) is 3.31.